The van der Waals surface area contributed by atoms with Gasteiger partial charge in [0.25, 0.3) is 5.69 Å². The molecule has 2 atom stereocenters. The number of non-ortho nitro benzene ring substituents is 1. The third-order valence-electron chi connectivity index (χ3n) is 5.98. The molecule has 0 saturated heterocycles. The Labute approximate surface area is 189 Å². The molecule has 0 fully saturated rings. The first kappa shape index (κ1) is 21.8. The van der Waals surface area contributed by atoms with Crippen molar-refractivity contribution in [1.82, 2.24) is 5.32 Å². The van der Waals surface area contributed by atoms with Crippen LogP contribution in [0.2, 0.25) is 5.02 Å². The Morgan fingerprint density at radius 3 is 2.47 bits per heavy atom. The summed E-state index contributed by atoms with van der Waals surface area (Å²) in [7, 11) is 3.10. The van der Waals surface area contributed by atoms with Crippen molar-refractivity contribution in [3.63, 3.8) is 0 Å². The summed E-state index contributed by atoms with van der Waals surface area (Å²) in [5.74, 6) is 0.0113. The van der Waals surface area contributed by atoms with E-state index in [0.717, 1.165) is 5.56 Å². The largest absolute Gasteiger partial charge is 0.493 e. The highest BCUT2D eigenvalue weighted by atomic mass is 35.5. The number of benzene rings is 2. The van der Waals surface area contributed by atoms with Crippen LogP contribution in [-0.2, 0) is 9.59 Å². The summed E-state index contributed by atoms with van der Waals surface area (Å²) in [6.07, 6.45) is 0.699. The van der Waals surface area contributed by atoms with Crippen molar-refractivity contribution in [2.75, 3.05) is 14.2 Å². The molecule has 2 aromatic carbocycles. The molecule has 32 heavy (non-hydrogen) atoms. The molecule has 9 heteroatoms. The Bertz CT molecular complexity index is 1160. The first-order valence-electron chi connectivity index (χ1n) is 10.0. The van der Waals surface area contributed by atoms with Gasteiger partial charge in [0, 0.05) is 47.2 Å². The fourth-order valence-corrected chi connectivity index (χ4v) is 4.73. The number of nitrogens with one attached hydrogen (secondary N) is 1. The van der Waals surface area contributed by atoms with Gasteiger partial charge >= 0.3 is 0 Å². The van der Waals surface area contributed by atoms with Gasteiger partial charge in [-0.1, -0.05) is 17.7 Å². The van der Waals surface area contributed by atoms with E-state index >= 15 is 0 Å². The Kier molecular flexibility index (Phi) is 5.88. The number of carbonyl (C=O) groups excluding carboxylic acids is 2. The van der Waals surface area contributed by atoms with Gasteiger partial charge in [-0.05, 0) is 41.7 Å². The highest BCUT2D eigenvalue weighted by Crippen LogP contribution is 2.45. The van der Waals surface area contributed by atoms with Crippen molar-refractivity contribution in [2.24, 2.45) is 0 Å². The SMILES string of the molecule is COc1ccc([C@H]2CC(=O)C3=C(C2)NC(=O)C[C@@H]3c2cc([N+](=O)[O-])ccc2Cl)cc1OC. The molecule has 4 rings (SSSR count). The maximum atomic E-state index is 13.3. The molecule has 1 N–H and O–H groups in total. The van der Waals surface area contributed by atoms with Crippen molar-refractivity contribution in [3.8, 4) is 11.5 Å². The van der Waals surface area contributed by atoms with Crippen LogP contribution in [-0.4, -0.2) is 30.8 Å². The van der Waals surface area contributed by atoms with E-state index in [0.29, 0.717) is 34.8 Å². The lowest BCUT2D eigenvalue weighted by atomic mass is 9.73. The van der Waals surface area contributed by atoms with Crippen molar-refractivity contribution >= 4 is 29.0 Å². The lowest BCUT2D eigenvalue weighted by Gasteiger charge is -2.34. The van der Waals surface area contributed by atoms with Crippen LogP contribution in [0.3, 0.4) is 0 Å². The van der Waals surface area contributed by atoms with Crippen molar-refractivity contribution < 1.29 is 24.0 Å². The number of ketones is 1. The zero-order valence-corrected chi connectivity index (χ0v) is 18.3. The number of halogens is 1. The molecular weight excluding hydrogens is 436 g/mol. The van der Waals surface area contributed by atoms with E-state index in [1.807, 2.05) is 12.1 Å². The molecule has 1 amide bonds. The third kappa shape index (κ3) is 3.93. The van der Waals surface area contributed by atoms with E-state index in [-0.39, 0.29) is 41.2 Å². The maximum Gasteiger partial charge on any atom is 0.269 e. The second-order valence-electron chi connectivity index (χ2n) is 7.80. The number of nitro benzene ring substituents is 1. The topological polar surface area (TPSA) is 108 Å². The normalized spacial score (nSPS) is 20.5. The molecule has 0 radical (unpaired) electrons. The second kappa shape index (κ2) is 8.63. The number of allylic oxidation sites excluding steroid dienone is 2. The molecule has 0 saturated carbocycles. The second-order valence-corrected chi connectivity index (χ2v) is 8.21. The maximum absolute atomic E-state index is 13.3. The standard InChI is InChI=1S/C23H21ClN2O6/c1-31-20-6-3-12(9-21(20)32-2)13-7-18-23(19(27)8-13)16(11-22(28)25-18)15-10-14(26(29)30)4-5-17(15)24/h3-6,9-10,13,16H,7-8,11H2,1-2H3,(H,25,28)/t13-,16-/m1/s1. The third-order valence-corrected chi connectivity index (χ3v) is 6.33. The number of methoxy groups -OCH3 is 2. The number of nitro groups is 1. The number of hydrogen-bond donors (Lipinski definition) is 1. The van der Waals surface area contributed by atoms with Crippen LogP contribution in [0, 0.1) is 10.1 Å². The summed E-state index contributed by atoms with van der Waals surface area (Å²) in [6, 6.07) is 9.59. The smallest absolute Gasteiger partial charge is 0.269 e. The molecule has 0 bridgehead atoms. The van der Waals surface area contributed by atoms with Gasteiger partial charge in [0.1, 0.15) is 0 Å². The summed E-state index contributed by atoms with van der Waals surface area (Å²) in [4.78, 5) is 36.5. The van der Waals surface area contributed by atoms with Gasteiger partial charge in [0.2, 0.25) is 5.91 Å². The lowest BCUT2D eigenvalue weighted by molar-refractivity contribution is -0.384. The zero-order chi connectivity index (χ0) is 23.0. The average Bonchev–Trinajstić information content (AvgIpc) is 2.77. The monoisotopic (exact) mass is 456 g/mol. The van der Waals surface area contributed by atoms with E-state index in [1.165, 1.54) is 18.2 Å². The molecule has 8 nitrogen and oxygen atoms in total. The number of ether oxygens (including phenoxy) is 2. The molecule has 1 heterocycles. The molecule has 2 aliphatic rings. The van der Waals surface area contributed by atoms with E-state index in [1.54, 1.807) is 20.3 Å². The van der Waals surface area contributed by atoms with Crippen LogP contribution in [0.25, 0.3) is 0 Å². The Hall–Kier alpha value is -3.39. The highest BCUT2D eigenvalue weighted by molar-refractivity contribution is 6.31. The van der Waals surface area contributed by atoms with Crippen LogP contribution in [0.15, 0.2) is 47.7 Å². The number of nitrogens with zero attached hydrogens (tertiary/aromatic N) is 1. The minimum Gasteiger partial charge on any atom is -0.493 e. The van der Waals surface area contributed by atoms with Crippen molar-refractivity contribution in [1.29, 1.82) is 0 Å². The fraction of sp³-hybridized carbons (Fsp3) is 0.304. The minimum atomic E-state index is -0.620. The summed E-state index contributed by atoms with van der Waals surface area (Å²) < 4.78 is 10.7. The first-order chi connectivity index (χ1) is 15.3. The Morgan fingerprint density at radius 1 is 1.03 bits per heavy atom. The van der Waals surface area contributed by atoms with Gasteiger partial charge in [0.15, 0.2) is 17.3 Å². The summed E-state index contributed by atoms with van der Waals surface area (Å²) in [5, 5.41) is 14.4. The number of rotatable bonds is 5. The molecule has 1 aliphatic heterocycles. The van der Waals surface area contributed by atoms with Crippen molar-refractivity contribution in [2.45, 2.75) is 31.1 Å². The number of amides is 1. The van der Waals surface area contributed by atoms with Crippen LogP contribution in [0.4, 0.5) is 5.69 Å². The molecule has 0 aromatic heterocycles. The van der Waals surface area contributed by atoms with Crippen molar-refractivity contribution in [3.05, 3.63) is 73.9 Å². The van der Waals surface area contributed by atoms with Gasteiger partial charge in [-0.2, -0.15) is 0 Å². The zero-order valence-electron chi connectivity index (χ0n) is 17.5. The van der Waals surface area contributed by atoms with E-state index in [9.17, 15) is 19.7 Å². The van der Waals surface area contributed by atoms with E-state index in [4.69, 9.17) is 21.1 Å². The average molecular weight is 457 g/mol. The summed E-state index contributed by atoms with van der Waals surface area (Å²) in [6.45, 7) is 0. The lowest BCUT2D eigenvalue weighted by Crippen LogP contribution is -2.38. The van der Waals surface area contributed by atoms with Gasteiger partial charge in [-0.25, -0.2) is 0 Å². The molecule has 166 valence electrons. The predicted octanol–water partition coefficient (Wildman–Crippen LogP) is 4.27. The molecule has 2 aromatic rings. The summed E-state index contributed by atoms with van der Waals surface area (Å²) in [5.41, 5.74) is 2.20. The van der Waals surface area contributed by atoms with Gasteiger partial charge in [-0.3, -0.25) is 19.7 Å². The van der Waals surface area contributed by atoms with Gasteiger partial charge in [0.05, 0.1) is 19.1 Å². The van der Waals surface area contributed by atoms with Gasteiger partial charge < -0.3 is 14.8 Å². The van der Waals surface area contributed by atoms with Crippen LogP contribution < -0.4 is 14.8 Å². The molecule has 0 spiro atoms. The predicted molar refractivity (Wildman–Crippen MR) is 117 cm³/mol. The molecular formula is C23H21ClN2O6. The van der Waals surface area contributed by atoms with Gasteiger partial charge in [-0.15, -0.1) is 0 Å². The minimum absolute atomic E-state index is 0.00643. The number of hydrogen-bond acceptors (Lipinski definition) is 6. The first-order valence-corrected chi connectivity index (χ1v) is 10.4. The van der Waals surface area contributed by atoms with E-state index in [2.05, 4.69) is 5.32 Å². The molecule has 1 aliphatic carbocycles. The Morgan fingerprint density at radius 2 is 1.78 bits per heavy atom. The quantitative estimate of drug-likeness (QED) is 0.531. The summed E-state index contributed by atoms with van der Waals surface area (Å²) >= 11 is 6.33. The number of Topliss-reactive ketones (excluding diaryl/α,β-unsaturated/α-hetero) is 1. The highest BCUT2D eigenvalue weighted by Gasteiger charge is 2.39. The molecule has 0 unspecified atom stereocenters. The van der Waals surface area contributed by atoms with Crippen LogP contribution in [0.1, 0.15) is 42.2 Å². The Balaban J connectivity index is 1.73. The van der Waals surface area contributed by atoms with E-state index < -0.39 is 10.8 Å². The fourth-order valence-electron chi connectivity index (χ4n) is 4.48. The van der Waals surface area contributed by atoms with Crippen LogP contribution in [0.5, 0.6) is 11.5 Å². The number of carbonyl (C=O) groups is 2. The van der Waals surface area contributed by atoms with Crippen LogP contribution >= 0.6 is 11.6 Å².